The quantitative estimate of drug-likeness (QED) is 0.0193. The average Bonchev–Trinajstić information content (AvgIpc) is 1.63. The number of likely N-dealkylation sites (tertiary alicyclic amines) is 2. The van der Waals surface area contributed by atoms with Gasteiger partial charge in [-0.05, 0) is 164 Å². The van der Waals surface area contributed by atoms with Gasteiger partial charge in [0.1, 0.15) is 23.3 Å². The number of aryl methyl sites for hydroxylation is 1. The lowest BCUT2D eigenvalue weighted by molar-refractivity contribution is -0.191. The second-order valence-electron chi connectivity index (χ2n) is 32.7. The van der Waals surface area contributed by atoms with E-state index in [1.54, 1.807) is 67.0 Å². The van der Waals surface area contributed by atoms with Crippen LogP contribution >= 0.6 is 0 Å². The molecule has 6 amide bonds. The van der Waals surface area contributed by atoms with Crippen molar-refractivity contribution in [3.63, 3.8) is 0 Å². The molecule has 0 saturated carbocycles. The Morgan fingerprint density at radius 1 is 0.445 bits per heavy atom. The minimum absolute atomic E-state index is 0.00355. The summed E-state index contributed by atoms with van der Waals surface area (Å²) < 4.78 is 5.15. The molecule has 2 fully saturated rings. The largest absolute Gasteiger partial charge is 0.469 e. The highest BCUT2D eigenvalue weighted by Crippen LogP contribution is 2.39. The van der Waals surface area contributed by atoms with Crippen molar-refractivity contribution in [1.29, 1.82) is 0 Å². The van der Waals surface area contributed by atoms with Gasteiger partial charge in [-0.2, -0.15) is 9.59 Å². The third-order valence-electron chi connectivity index (χ3n) is 22.6. The second kappa shape index (κ2) is 48.3. The summed E-state index contributed by atoms with van der Waals surface area (Å²) in [5.74, 6) is 0.518. The number of nitrogens with zero attached hydrogens (tertiary/aromatic N) is 9. The molecule has 128 heavy (non-hydrogen) atoms. The molecule has 5 aliphatic rings. The van der Waals surface area contributed by atoms with Crippen LogP contribution in [0, 0.1) is 11.8 Å². The summed E-state index contributed by atoms with van der Waals surface area (Å²) in [5, 5.41) is 8.89. The summed E-state index contributed by atoms with van der Waals surface area (Å²) in [4.78, 5) is 148. The Bertz CT molecular complexity index is 5450. The number of carbonyl (C=O) groups excluding carboxylic acids is 10. The number of amidine groups is 3. The molecule has 670 valence electrons. The fourth-order valence-electron chi connectivity index (χ4n) is 16.6. The molecule has 5 aliphatic heterocycles. The molecular formula is C101H120N16O11. The number of esters is 1. The van der Waals surface area contributed by atoms with E-state index in [0.29, 0.717) is 150 Å². The number of methoxy groups -OCH3 is 1. The number of nitrogens with two attached hydrogens (primary N) is 4. The Morgan fingerprint density at radius 2 is 0.852 bits per heavy atom. The molecular weight excluding hydrogens is 1610 g/mol. The molecule has 2 unspecified atom stereocenters. The molecule has 6 heterocycles. The number of fused-ring (bicyclic) bond motifs is 3. The lowest BCUT2D eigenvalue weighted by Crippen LogP contribution is -2.34. The number of carbonyl (C=O) groups is 8. The highest BCUT2D eigenvalue weighted by molar-refractivity contribution is 6.11. The first-order valence-corrected chi connectivity index (χ1v) is 44.2. The standard InChI is InChI=1S/C37H43N5O4.C36H43N5O2.C27H34N6O3.CO2/c1-4-17-42(18-5-2)36(44)29-19-27-11-12-28(20-33(27)40-34(38)21-29)35(43)39-30-15-13-26(14-16-30)31-23-41(24-32(31)37(45)46-3)22-25-9-7-6-8-10-25;1-4-16-41(17-5-2)36(43)30-18-28-14-15-29(20-33(28)39-34(37)21-30)35(42)38-31-13-9-12-27(19-31)32-24-40(22-25(32)3)23-26-10-7-6-8-11-26;1-3-9-33(10-4-2)27(36)21-12-19-6-7-20(13-24(19)32-25(29)14-21)26(35)31-22-11-18(16-30-17-22)5-8-23(34)15-28;2-1-3/h6-16,19-20,31-32H,4-5,17-18,21-24H2,1-3H3,(H2,38,40)(H,39,43);6-15,18-20,25,32H,4-5,16-17,21-24H2,1-3H3,(H2,37,39)(H,38,42);6-7,11-13,16-17H,3-5,8-10,14-15,28H2,1-2H3,(H2,29,32)(H,31,35);/t31?,32-;25-,32?;;/m00../s1. The number of ether oxygens (including phenoxy) is 1. The number of hydrogen-bond acceptors (Lipinski definition) is 21. The number of aromatic nitrogens is 1. The van der Waals surface area contributed by atoms with Crippen LogP contribution in [0.25, 0.3) is 18.2 Å². The van der Waals surface area contributed by atoms with Crippen molar-refractivity contribution in [2.75, 3.05) is 95.1 Å². The van der Waals surface area contributed by atoms with Crippen LogP contribution in [0.15, 0.2) is 214 Å². The van der Waals surface area contributed by atoms with Crippen LogP contribution in [-0.2, 0) is 57.8 Å². The molecule has 13 rings (SSSR count). The van der Waals surface area contributed by atoms with Crippen LogP contribution in [0.4, 0.5) is 34.1 Å². The Labute approximate surface area is 750 Å². The number of rotatable bonds is 32. The van der Waals surface area contributed by atoms with Gasteiger partial charge < -0.3 is 58.3 Å². The smallest absolute Gasteiger partial charge is 0.373 e. The fraction of sp³-hybridized carbons (Fsp3) is 0.356. The fourth-order valence-corrected chi connectivity index (χ4v) is 16.6. The number of ketones is 1. The van der Waals surface area contributed by atoms with Gasteiger partial charge in [0.05, 0.1) is 48.5 Å². The van der Waals surface area contributed by atoms with E-state index in [1.807, 2.05) is 107 Å². The van der Waals surface area contributed by atoms with Crippen molar-refractivity contribution < 1.29 is 52.7 Å². The lowest BCUT2D eigenvalue weighted by atomic mass is 9.89. The maximum absolute atomic E-state index is 13.3. The Kier molecular flexibility index (Phi) is 36.5. The van der Waals surface area contributed by atoms with Crippen molar-refractivity contribution in [2.45, 2.75) is 144 Å². The summed E-state index contributed by atoms with van der Waals surface area (Å²) in [6.07, 6.45) is 15.9. The van der Waals surface area contributed by atoms with Crippen LogP contribution < -0.4 is 38.9 Å². The number of anilines is 3. The maximum atomic E-state index is 13.3. The Morgan fingerprint density at radius 3 is 1.27 bits per heavy atom. The van der Waals surface area contributed by atoms with E-state index in [2.05, 4.69) is 135 Å². The van der Waals surface area contributed by atoms with Gasteiger partial charge in [0.2, 0.25) is 17.7 Å². The number of hydrogen-bond donors (Lipinski definition) is 7. The van der Waals surface area contributed by atoms with Crippen LogP contribution in [0.2, 0.25) is 0 Å². The number of pyridine rings is 1. The first-order valence-electron chi connectivity index (χ1n) is 44.2. The predicted molar refractivity (Wildman–Crippen MR) is 504 cm³/mol. The highest BCUT2D eigenvalue weighted by Gasteiger charge is 2.40. The molecule has 2 saturated heterocycles. The van der Waals surface area contributed by atoms with Gasteiger partial charge in [-0.25, -0.2) is 15.0 Å². The molecule has 8 aromatic rings. The zero-order valence-corrected chi connectivity index (χ0v) is 74.7. The van der Waals surface area contributed by atoms with Crippen LogP contribution in [0.3, 0.4) is 0 Å². The molecule has 4 atom stereocenters. The van der Waals surface area contributed by atoms with Gasteiger partial charge in [-0.15, -0.1) is 0 Å². The third kappa shape index (κ3) is 27.3. The summed E-state index contributed by atoms with van der Waals surface area (Å²) in [7, 11) is 1.43. The topological polar surface area (TPSA) is 386 Å². The Balaban J connectivity index is 0.000000198. The minimum atomic E-state index is -0.329. The van der Waals surface area contributed by atoms with E-state index in [-0.39, 0.29) is 91.0 Å². The molecule has 0 aliphatic carbocycles. The van der Waals surface area contributed by atoms with Crippen molar-refractivity contribution in [2.24, 2.45) is 49.7 Å². The number of amides is 6. The van der Waals surface area contributed by atoms with E-state index < -0.39 is 0 Å². The second-order valence-corrected chi connectivity index (χ2v) is 32.7. The Hall–Kier alpha value is -13.5. The van der Waals surface area contributed by atoms with E-state index in [9.17, 15) is 38.4 Å². The van der Waals surface area contributed by atoms with Crippen LogP contribution in [-0.4, -0.2) is 179 Å². The minimum Gasteiger partial charge on any atom is -0.469 e. The van der Waals surface area contributed by atoms with Gasteiger partial charge >= 0.3 is 12.1 Å². The highest BCUT2D eigenvalue weighted by atomic mass is 16.5. The number of benzene rings is 7. The maximum Gasteiger partial charge on any atom is 0.373 e. The molecule has 0 radical (unpaired) electrons. The van der Waals surface area contributed by atoms with Gasteiger partial charge in [0.15, 0.2) is 0 Å². The lowest BCUT2D eigenvalue weighted by Gasteiger charge is -2.22. The summed E-state index contributed by atoms with van der Waals surface area (Å²) in [5.41, 5.74) is 38.6. The molecule has 27 heteroatoms. The molecule has 27 nitrogen and oxygen atoms in total. The number of Topliss-reactive ketones (excluding diaryl/α,β-unsaturated/α-hetero) is 1. The summed E-state index contributed by atoms with van der Waals surface area (Å²) >= 11 is 0. The van der Waals surface area contributed by atoms with Crippen LogP contribution in [0.1, 0.15) is 200 Å². The average molecular weight is 1730 g/mol. The zero-order valence-electron chi connectivity index (χ0n) is 74.7. The van der Waals surface area contributed by atoms with Gasteiger partial charge in [0.25, 0.3) is 17.7 Å². The normalized spacial score (nSPS) is 16.1. The van der Waals surface area contributed by atoms with Crippen LogP contribution in [0.5, 0.6) is 0 Å². The summed E-state index contributed by atoms with van der Waals surface area (Å²) in [6.45, 7) is 23.9. The first-order chi connectivity index (χ1) is 61.9. The molecule has 11 N–H and O–H groups in total. The van der Waals surface area contributed by atoms with Crippen molar-refractivity contribution >= 4 is 123 Å². The van der Waals surface area contributed by atoms with Crippen molar-refractivity contribution in [3.05, 3.63) is 260 Å². The van der Waals surface area contributed by atoms with Crippen molar-refractivity contribution in [3.8, 4) is 0 Å². The molecule has 1 aromatic heterocycles. The van der Waals surface area contributed by atoms with E-state index in [4.69, 9.17) is 37.3 Å². The zero-order chi connectivity index (χ0) is 91.8. The van der Waals surface area contributed by atoms with E-state index in [1.165, 1.54) is 23.8 Å². The number of nitrogens with one attached hydrogen (secondary N) is 3. The molecule has 0 spiro atoms. The molecule has 7 aromatic carbocycles. The number of aliphatic imine (C=N–C) groups is 3. The van der Waals surface area contributed by atoms with Crippen molar-refractivity contribution in [1.82, 2.24) is 29.5 Å². The SMILES string of the molecule is CCCN(CCC)C(=O)C1=Cc2ccc(C(=O)Nc3ccc(C4CN(Cc5ccccc5)C[C@@H]4C(=O)OC)cc3)cc2N=C(N)C1.CCCN(CCC)C(=O)C1=Cc2ccc(C(=O)Nc3cccc(C4CN(Cc5ccccc5)C[C@@H]4C)c3)cc2N=C(N)C1.CCCN(CCC)C(=O)C1=Cc2ccc(C(=O)Nc3cncc(CCC(=O)CN)c3)cc2N=C(N)C1.O=C=O. The van der Waals surface area contributed by atoms with Gasteiger partial charge in [-0.3, -0.25) is 53.1 Å². The molecule has 0 bridgehead atoms. The van der Waals surface area contributed by atoms with Gasteiger partial charge in [0, 0.05) is 184 Å². The van der Waals surface area contributed by atoms with Gasteiger partial charge in [-0.1, -0.05) is 152 Å². The summed E-state index contributed by atoms with van der Waals surface area (Å²) in [6, 6.07) is 54.2. The van der Waals surface area contributed by atoms with E-state index >= 15 is 0 Å². The first kappa shape index (κ1) is 96.7. The van der Waals surface area contributed by atoms with E-state index in [0.717, 1.165) is 105 Å². The third-order valence-corrected chi connectivity index (χ3v) is 22.6. The monoisotopic (exact) mass is 1730 g/mol. The predicted octanol–water partition coefficient (Wildman–Crippen LogP) is 15.0.